The van der Waals surface area contributed by atoms with Crippen LogP contribution < -0.4 is 5.32 Å². The SMILES string of the molecule is CCc1ccc(NC(=O)CSC2=Nc3ccccc3C3=NC(c4ccccc4)C(=O)N23)cc1. The van der Waals surface area contributed by atoms with Crippen molar-refractivity contribution in [1.82, 2.24) is 4.90 Å². The van der Waals surface area contributed by atoms with Gasteiger partial charge in [-0.1, -0.05) is 73.3 Å². The van der Waals surface area contributed by atoms with Crippen molar-refractivity contribution in [3.05, 3.63) is 95.6 Å². The third kappa shape index (κ3) is 4.19. The lowest BCUT2D eigenvalue weighted by molar-refractivity contribution is -0.124. The molecule has 0 saturated carbocycles. The molecule has 0 aliphatic carbocycles. The molecule has 2 amide bonds. The van der Waals surface area contributed by atoms with Gasteiger partial charge in [0.1, 0.15) is 5.84 Å². The van der Waals surface area contributed by atoms with Gasteiger partial charge in [-0.2, -0.15) is 0 Å². The fourth-order valence-corrected chi connectivity index (χ4v) is 4.65. The van der Waals surface area contributed by atoms with Gasteiger partial charge >= 0.3 is 0 Å². The van der Waals surface area contributed by atoms with Crippen molar-refractivity contribution >= 4 is 46.0 Å². The molecule has 0 bridgehead atoms. The van der Waals surface area contributed by atoms with E-state index in [0.717, 1.165) is 28.9 Å². The number of amides is 2. The molecule has 0 aromatic heterocycles. The van der Waals surface area contributed by atoms with E-state index in [4.69, 9.17) is 9.98 Å². The Labute approximate surface area is 196 Å². The lowest BCUT2D eigenvalue weighted by atomic mass is 10.1. The molecule has 0 spiro atoms. The number of hydrogen-bond donors (Lipinski definition) is 1. The Morgan fingerprint density at radius 3 is 2.48 bits per heavy atom. The van der Waals surface area contributed by atoms with Gasteiger partial charge in [-0.25, -0.2) is 14.9 Å². The Balaban J connectivity index is 1.37. The van der Waals surface area contributed by atoms with Crippen molar-refractivity contribution in [3.8, 4) is 0 Å². The number of anilines is 1. The predicted molar refractivity (Wildman–Crippen MR) is 133 cm³/mol. The first-order valence-electron chi connectivity index (χ1n) is 10.8. The number of benzene rings is 3. The number of nitrogens with zero attached hydrogens (tertiary/aromatic N) is 3. The number of rotatable bonds is 5. The zero-order valence-corrected chi connectivity index (χ0v) is 18.9. The Morgan fingerprint density at radius 2 is 1.73 bits per heavy atom. The average Bonchev–Trinajstić information content (AvgIpc) is 3.21. The standard InChI is InChI=1S/C26H22N4O2S/c1-2-17-12-14-19(15-13-17)27-22(31)16-33-26-28-21-11-7-6-10-20(21)24-29-23(25(32)30(24)26)18-8-4-3-5-9-18/h3-15,23H,2,16H2,1H3,(H,27,31). The van der Waals surface area contributed by atoms with Crippen LogP contribution in [0, 0.1) is 0 Å². The van der Waals surface area contributed by atoms with Crippen molar-refractivity contribution in [2.75, 3.05) is 11.1 Å². The molecule has 2 heterocycles. The molecular formula is C26H22N4O2S. The second-order valence-corrected chi connectivity index (χ2v) is 8.68. The first-order chi connectivity index (χ1) is 16.1. The van der Waals surface area contributed by atoms with Gasteiger partial charge in [0, 0.05) is 11.3 Å². The van der Waals surface area contributed by atoms with E-state index in [1.165, 1.54) is 17.3 Å². The van der Waals surface area contributed by atoms with Gasteiger partial charge in [0.25, 0.3) is 5.91 Å². The number of para-hydroxylation sites is 1. The van der Waals surface area contributed by atoms with E-state index in [1.54, 1.807) is 4.90 Å². The molecule has 3 aromatic rings. The molecule has 2 aliphatic rings. The molecule has 7 heteroatoms. The van der Waals surface area contributed by atoms with Gasteiger partial charge in [-0.05, 0) is 41.8 Å². The van der Waals surface area contributed by atoms with E-state index >= 15 is 0 Å². The van der Waals surface area contributed by atoms with E-state index < -0.39 is 6.04 Å². The molecule has 6 nitrogen and oxygen atoms in total. The molecule has 33 heavy (non-hydrogen) atoms. The summed E-state index contributed by atoms with van der Waals surface area (Å²) in [5.41, 5.74) is 4.35. The summed E-state index contributed by atoms with van der Waals surface area (Å²) in [5.74, 6) is 0.393. The quantitative estimate of drug-likeness (QED) is 0.593. The Hall–Kier alpha value is -3.71. The molecule has 3 aromatic carbocycles. The average molecular weight is 455 g/mol. The zero-order valence-electron chi connectivity index (χ0n) is 18.1. The monoisotopic (exact) mass is 454 g/mol. The molecule has 0 fully saturated rings. The number of amidine groups is 2. The van der Waals surface area contributed by atoms with Crippen LogP contribution >= 0.6 is 11.8 Å². The van der Waals surface area contributed by atoms with Crippen molar-refractivity contribution in [2.24, 2.45) is 9.98 Å². The third-order valence-electron chi connectivity index (χ3n) is 5.56. The van der Waals surface area contributed by atoms with Crippen molar-refractivity contribution in [1.29, 1.82) is 0 Å². The van der Waals surface area contributed by atoms with Gasteiger partial charge in [0.05, 0.1) is 11.4 Å². The molecule has 1 unspecified atom stereocenters. The topological polar surface area (TPSA) is 74.1 Å². The number of thioether (sulfide) groups is 1. The molecule has 2 aliphatic heterocycles. The van der Waals surface area contributed by atoms with Crippen LogP contribution in [-0.4, -0.2) is 33.5 Å². The van der Waals surface area contributed by atoms with E-state index in [1.807, 2.05) is 78.9 Å². The van der Waals surface area contributed by atoms with E-state index in [0.29, 0.717) is 11.0 Å². The lowest BCUT2D eigenvalue weighted by Gasteiger charge is -2.25. The minimum absolute atomic E-state index is 0.129. The number of fused-ring (bicyclic) bond motifs is 3. The second-order valence-electron chi connectivity index (χ2n) is 7.74. The molecular weight excluding hydrogens is 432 g/mol. The molecule has 5 rings (SSSR count). The van der Waals surface area contributed by atoms with Crippen LogP contribution in [0.1, 0.15) is 29.7 Å². The summed E-state index contributed by atoms with van der Waals surface area (Å²) in [7, 11) is 0. The highest BCUT2D eigenvalue weighted by Crippen LogP contribution is 2.37. The van der Waals surface area contributed by atoms with Crippen molar-refractivity contribution < 1.29 is 9.59 Å². The van der Waals surface area contributed by atoms with Crippen molar-refractivity contribution in [2.45, 2.75) is 19.4 Å². The lowest BCUT2D eigenvalue weighted by Crippen LogP contribution is -2.40. The summed E-state index contributed by atoms with van der Waals surface area (Å²) in [4.78, 5) is 37.0. The van der Waals surface area contributed by atoms with Crippen LogP contribution in [-0.2, 0) is 16.0 Å². The highest BCUT2D eigenvalue weighted by molar-refractivity contribution is 8.14. The van der Waals surface area contributed by atoms with Crippen LogP contribution in [0.4, 0.5) is 11.4 Å². The maximum absolute atomic E-state index is 13.4. The first-order valence-corrected chi connectivity index (χ1v) is 11.8. The summed E-state index contributed by atoms with van der Waals surface area (Å²) >= 11 is 1.24. The maximum atomic E-state index is 13.4. The van der Waals surface area contributed by atoms with E-state index in [-0.39, 0.29) is 17.6 Å². The molecule has 1 N–H and O–H groups in total. The minimum Gasteiger partial charge on any atom is -0.325 e. The Bertz CT molecular complexity index is 1270. The zero-order chi connectivity index (χ0) is 22.8. The van der Waals surface area contributed by atoms with Crippen molar-refractivity contribution in [3.63, 3.8) is 0 Å². The summed E-state index contributed by atoms with van der Waals surface area (Å²) < 4.78 is 0. The van der Waals surface area contributed by atoms with Crippen LogP contribution in [0.3, 0.4) is 0 Å². The molecule has 0 radical (unpaired) electrons. The molecule has 0 saturated heterocycles. The molecule has 164 valence electrons. The Kier molecular flexibility index (Phi) is 5.79. The van der Waals surface area contributed by atoms with Crippen LogP contribution in [0.25, 0.3) is 0 Å². The van der Waals surface area contributed by atoms with Crippen LogP contribution in [0.15, 0.2) is 88.8 Å². The fraction of sp³-hybridized carbons (Fsp3) is 0.154. The normalized spacial score (nSPS) is 16.6. The second kappa shape index (κ2) is 9.03. The fourth-order valence-electron chi connectivity index (χ4n) is 3.85. The van der Waals surface area contributed by atoms with Crippen LogP contribution in [0.2, 0.25) is 0 Å². The van der Waals surface area contributed by atoms with E-state index in [2.05, 4.69) is 12.2 Å². The summed E-state index contributed by atoms with van der Waals surface area (Å²) in [6, 6.07) is 24.3. The molecule has 1 atom stereocenters. The highest BCUT2D eigenvalue weighted by Gasteiger charge is 2.42. The first kappa shape index (κ1) is 21.2. The number of aliphatic imine (C=N–C) groups is 2. The van der Waals surface area contributed by atoms with Crippen LogP contribution in [0.5, 0.6) is 0 Å². The van der Waals surface area contributed by atoms with Gasteiger partial charge in [0.2, 0.25) is 5.91 Å². The maximum Gasteiger partial charge on any atom is 0.263 e. The minimum atomic E-state index is -0.621. The summed E-state index contributed by atoms with van der Waals surface area (Å²) in [5, 5.41) is 3.37. The number of aryl methyl sites for hydroxylation is 1. The van der Waals surface area contributed by atoms with E-state index in [9.17, 15) is 9.59 Å². The van der Waals surface area contributed by atoms with Gasteiger partial charge in [0.15, 0.2) is 11.2 Å². The van der Waals surface area contributed by atoms with Gasteiger partial charge in [-0.3, -0.25) is 9.59 Å². The smallest absolute Gasteiger partial charge is 0.263 e. The Morgan fingerprint density at radius 1 is 1.00 bits per heavy atom. The highest BCUT2D eigenvalue weighted by atomic mass is 32.2. The summed E-state index contributed by atoms with van der Waals surface area (Å²) in [6.45, 7) is 2.09. The summed E-state index contributed by atoms with van der Waals surface area (Å²) in [6.07, 6.45) is 0.948. The number of carbonyl (C=O) groups is 2. The van der Waals surface area contributed by atoms with Gasteiger partial charge in [-0.15, -0.1) is 0 Å². The third-order valence-corrected chi connectivity index (χ3v) is 6.50. The number of hydrogen-bond acceptors (Lipinski definition) is 5. The van der Waals surface area contributed by atoms with Gasteiger partial charge < -0.3 is 5.32 Å². The number of carbonyl (C=O) groups excluding carboxylic acids is 2. The number of nitrogens with one attached hydrogen (secondary N) is 1. The predicted octanol–water partition coefficient (Wildman–Crippen LogP) is 4.95. The largest absolute Gasteiger partial charge is 0.325 e.